The number of nitrogens with one attached hydrogen (secondary N) is 1. The molecule has 0 saturated heterocycles. The second-order valence-electron chi connectivity index (χ2n) is 4.36. The number of amides is 1. The standard InChI is InChI=1S/C14H13ClN2O4S/c15-11-7-16-13(22-11)10(6-12(18)19)17-14(20)21-8-9-4-2-1-3-5-9/h1-5,7,10H,6,8H2,(H,17,20)(H,18,19). The van der Waals surface area contributed by atoms with E-state index in [0.717, 1.165) is 16.9 Å². The molecule has 0 aliphatic rings. The number of alkyl carbamates (subject to hydrolysis) is 1. The molecule has 2 N–H and O–H groups in total. The van der Waals surface area contributed by atoms with E-state index in [1.54, 1.807) is 0 Å². The van der Waals surface area contributed by atoms with Gasteiger partial charge in [-0.3, -0.25) is 4.79 Å². The largest absolute Gasteiger partial charge is 0.481 e. The summed E-state index contributed by atoms with van der Waals surface area (Å²) in [4.78, 5) is 26.7. The molecule has 1 atom stereocenters. The number of carbonyl (C=O) groups is 2. The zero-order chi connectivity index (χ0) is 15.9. The van der Waals surface area contributed by atoms with Crippen LogP contribution in [0, 0.1) is 0 Å². The lowest BCUT2D eigenvalue weighted by atomic mass is 10.2. The second kappa shape index (κ2) is 7.77. The Hall–Kier alpha value is -2.12. The summed E-state index contributed by atoms with van der Waals surface area (Å²) in [6.45, 7) is 0.102. The predicted octanol–water partition coefficient (Wildman–Crippen LogP) is 3.24. The molecule has 0 saturated carbocycles. The maximum absolute atomic E-state index is 11.8. The highest BCUT2D eigenvalue weighted by Crippen LogP contribution is 2.26. The first-order chi connectivity index (χ1) is 10.5. The van der Waals surface area contributed by atoms with Crippen LogP contribution < -0.4 is 5.32 Å². The minimum Gasteiger partial charge on any atom is -0.481 e. The van der Waals surface area contributed by atoms with Crippen molar-refractivity contribution in [3.8, 4) is 0 Å². The molecule has 116 valence electrons. The Morgan fingerprint density at radius 1 is 1.36 bits per heavy atom. The van der Waals surface area contributed by atoms with Crippen molar-refractivity contribution in [2.24, 2.45) is 0 Å². The minimum atomic E-state index is -1.06. The van der Waals surface area contributed by atoms with E-state index >= 15 is 0 Å². The molecule has 1 aromatic carbocycles. The highest BCUT2D eigenvalue weighted by Gasteiger charge is 2.22. The number of nitrogens with zero attached hydrogens (tertiary/aromatic N) is 1. The monoisotopic (exact) mass is 340 g/mol. The van der Waals surface area contributed by atoms with Gasteiger partial charge in [-0.2, -0.15) is 0 Å². The van der Waals surface area contributed by atoms with Crippen LogP contribution in [0.25, 0.3) is 0 Å². The van der Waals surface area contributed by atoms with Gasteiger partial charge in [-0.15, -0.1) is 11.3 Å². The van der Waals surface area contributed by atoms with E-state index in [9.17, 15) is 9.59 Å². The first kappa shape index (κ1) is 16.3. The summed E-state index contributed by atoms with van der Waals surface area (Å²) < 4.78 is 5.49. The third kappa shape index (κ3) is 5.01. The molecular weight excluding hydrogens is 328 g/mol. The lowest BCUT2D eigenvalue weighted by Crippen LogP contribution is -2.30. The van der Waals surface area contributed by atoms with Gasteiger partial charge < -0.3 is 15.2 Å². The van der Waals surface area contributed by atoms with Crippen molar-refractivity contribution in [2.75, 3.05) is 0 Å². The first-order valence-electron chi connectivity index (χ1n) is 6.35. The average Bonchev–Trinajstić information content (AvgIpc) is 2.92. The van der Waals surface area contributed by atoms with Crippen molar-refractivity contribution >= 4 is 35.0 Å². The summed E-state index contributed by atoms with van der Waals surface area (Å²) in [5.74, 6) is -1.06. The molecule has 2 aromatic rings. The second-order valence-corrected chi connectivity index (χ2v) is 6.05. The molecule has 0 fully saturated rings. The van der Waals surface area contributed by atoms with Crippen LogP contribution in [-0.2, 0) is 16.1 Å². The van der Waals surface area contributed by atoms with Crippen LogP contribution in [-0.4, -0.2) is 22.2 Å². The van der Waals surface area contributed by atoms with Gasteiger partial charge in [0.1, 0.15) is 16.0 Å². The molecule has 1 heterocycles. The van der Waals surface area contributed by atoms with Gasteiger partial charge in [0.25, 0.3) is 0 Å². The molecule has 8 heteroatoms. The lowest BCUT2D eigenvalue weighted by Gasteiger charge is -2.14. The fourth-order valence-corrected chi connectivity index (χ4v) is 2.69. The Kier molecular flexibility index (Phi) is 5.74. The maximum Gasteiger partial charge on any atom is 0.408 e. The third-order valence-corrected chi connectivity index (χ3v) is 3.91. The summed E-state index contributed by atoms with van der Waals surface area (Å²) >= 11 is 6.90. The SMILES string of the molecule is O=C(O)CC(NC(=O)OCc1ccccc1)c1ncc(Cl)s1. The predicted molar refractivity (Wildman–Crippen MR) is 81.9 cm³/mol. The van der Waals surface area contributed by atoms with Crippen LogP contribution in [0.5, 0.6) is 0 Å². The van der Waals surface area contributed by atoms with E-state index < -0.39 is 18.1 Å². The smallest absolute Gasteiger partial charge is 0.408 e. The molecule has 0 aliphatic heterocycles. The molecule has 1 unspecified atom stereocenters. The van der Waals surface area contributed by atoms with Gasteiger partial charge in [0.2, 0.25) is 0 Å². The van der Waals surface area contributed by atoms with Gasteiger partial charge in [0, 0.05) is 0 Å². The number of thiazole rings is 1. The van der Waals surface area contributed by atoms with Crippen LogP contribution >= 0.6 is 22.9 Å². The quantitative estimate of drug-likeness (QED) is 0.842. The number of hydrogen-bond donors (Lipinski definition) is 2. The van der Waals surface area contributed by atoms with E-state index in [1.807, 2.05) is 30.3 Å². The number of carboxylic acids is 1. The molecule has 22 heavy (non-hydrogen) atoms. The Morgan fingerprint density at radius 3 is 2.68 bits per heavy atom. The van der Waals surface area contributed by atoms with Crippen molar-refractivity contribution in [1.29, 1.82) is 0 Å². The van der Waals surface area contributed by atoms with Crippen LogP contribution in [0.15, 0.2) is 36.5 Å². The van der Waals surface area contributed by atoms with Crippen LogP contribution in [0.2, 0.25) is 4.34 Å². The van der Waals surface area contributed by atoms with E-state index in [1.165, 1.54) is 6.20 Å². The van der Waals surface area contributed by atoms with Crippen LogP contribution in [0.1, 0.15) is 23.0 Å². The van der Waals surface area contributed by atoms with Crippen molar-refractivity contribution in [1.82, 2.24) is 10.3 Å². The number of aliphatic carboxylic acids is 1. The summed E-state index contributed by atoms with van der Waals surface area (Å²) in [6, 6.07) is 8.39. The van der Waals surface area contributed by atoms with Crippen LogP contribution in [0.3, 0.4) is 0 Å². The Morgan fingerprint density at radius 2 is 2.09 bits per heavy atom. The summed E-state index contributed by atoms with van der Waals surface area (Å²) in [5.41, 5.74) is 0.838. The highest BCUT2D eigenvalue weighted by molar-refractivity contribution is 7.15. The summed E-state index contributed by atoms with van der Waals surface area (Å²) in [6.07, 6.45) is 0.402. The minimum absolute atomic E-state index is 0.102. The molecular formula is C14H13ClN2O4S. The Bertz CT molecular complexity index is 647. The van der Waals surface area contributed by atoms with E-state index in [0.29, 0.717) is 9.34 Å². The molecule has 0 radical (unpaired) electrons. The molecule has 0 bridgehead atoms. The number of rotatable bonds is 6. The van der Waals surface area contributed by atoms with Crippen LogP contribution in [0.4, 0.5) is 4.79 Å². The first-order valence-corrected chi connectivity index (χ1v) is 7.54. The topological polar surface area (TPSA) is 88.5 Å². The average molecular weight is 341 g/mol. The number of aromatic nitrogens is 1. The molecule has 1 amide bonds. The van der Waals surface area contributed by atoms with Gasteiger partial charge in [-0.1, -0.05) is 41.9 Å². The maximum atomic E-state index is 11.8. The number of hydrogen-bond acceptors (Lipinski definition) is 5. The van der Waals surface area contributed by atoms with E-state index in [4.69, 9.17) is 21.4 Å². The van der Waals surface area contributed by atoms with Gasteiger partial charge in [0.15, 0.2) is 0 Å². The number of carboxylic acid groups (broad SMARTS) is 1. The number of benzene rings is 1. The number of ether oxygens (including phenoxy) is 1. The summed E-state index contributed by atoms with van der Waals surface area (Å²) in [7, 11) is 0. The van der Waals surface area contributed by atoms with E-state index in [2.05, 4.69) is 10.3 Å². The van der Waals surface area contributed by atoms with Gasteiger partial charge in [-0.05, 0) is 5.56 Å². The Labute approximate surface area is 135 Å². The van der Waals surface area contributed by atoms with E-state index in [-0.39, 0.29) is 13.0 Å². The zero-order valence-corrected chi connectivity index (χ0v) is 12.9. The van der Waals surface area contributed by atoms with Gasteiger partial charge >= 0.3 is 12.1 Å². The fraction of sp³-hybridized carbons (Fsp3) is 0.214. The summed E-state index contributed by atoms with van der Waals surface area (Å²) in [5, 5.41) is 11.8. The molecule has 0 aliphatic carbocycles. The molecule has 6 nitrogen and oxygen atoms in total. The highest BCUT2D eigenvalue weighted by atomic mass is 35.5. The van der Waals surface area contributed by atoms with Crippen molar-refractivity contribution in [3.63, 3.8) is 0 Å². The van der Waals surface area contributed by atoms with Crippen molar-refractivity contribution in [2.45, 2.75) is 19.1 Å². The lowest BCUT2D eigenvalue weighted by molar-refractivity contribution is -0.137. The molecule has 0 spiro atoms. The Balaban J connectivity index is 1.94. The zero-order valence-electron chi connectivity index (χ0n) is 11.4. The fourth-order valence-electron chi connectivity index (χ4n) is 1.71. The molecule has 1 aromatic heterocycles. The van der Waals surface area contributed by atoms with Crippen molar-refractivity contribution in [3.05, 3.63) is 51.4 Å². The number of halogens is 1. The third-order valence-electron chi connectivity index (χ3n) is 2.68. The normalized spacial score (nSPS) is 11.7. The van der Waals surface area contributed by atoms with Gasteiger partial charge in [-0.25, -0.2) is 9.78 Å². The molecule has 2 rings (SSSR count). The number of carbonyl (C=O) groups excluding carboxylic acids is 1. The van der Waals surface area contributed by atoms with Gasteiger partial charge in [0.05, 0.1) is 18.7 Å². The van der Waals surface area contributed by atoms with Crippen molar-refractivity contribution < 1.29 is 19.4 Å².